The molecular formula is C11H17NO6. The van der Waals surface area contributed by atoms with Crippen molar-refractivity contribution < 1.29 is 29.7 Å². The van der Waals surface area contributed by atoms with Crippen molar-refractivity contribution in [2.75, 3.05) is 13.2 Å². The van der Waals surface area contributed by atoms with Gasteiger partial charge in [-0.25, -0.2) is 19.4 Å². The number of carboxylic acids is 2. The molecule has 0 spiro atoms. The second-order valence-corrected chi connectivity index (χ2v) is 2.87. The van der Waals surface area contributed by atoms with Crippen LogP contribution in [0.15, 0.2) is 29.3 Å². The Labute approximate surface area is 105 Å². The molecule has 0 aliphatic heterocycles. The first kappa shape index (κ1) is 21.1. The Balaban J connectivity index is -0.000000187. The van der Waals surface area contributed by atoms with Crippen LogP contribution in [0.1, 0.15) is 13.8 Å². The maximum atomic E-state index is 9.60. The van der Waals surface area contributed by atoms with Crippen LogP contribution in [0.2, 0.25) is 0 Å². The molecule has 0 aliphatic rings. The van der Waals surface area contributed by atoms with Crippen molar-refractivity contribution in [3.05, 3.63) is 24.3 Å². The highest BCUT2D eigenvalue weighted by Crippen LogP contribution is 1.81. The van der Waals surface area contributed by atoms with Crippen molar-refractivity contribution in [3.63, 3.8) is 0 Å². The smallest absolute Gasteiger partial charge is 0.330 e. The monoisotopic (exact) mass is 259 g/mol. The van der Waals surface area contributed by atoms with Crippen molar-refractivity contribution in [2.24, 2.45) is 4.99 Å². The minimum Gasteiger partial charge on any atom is -0.478 e. The number of aliphatic carboxylic acids is 2. The van der Waals surface area contributed by atoms with E-state index in [0.29, 0.717) is 0 Å². The molecule has 0 aromatic carbocycles. The Morgan fingerprint density at radius 3 is 1.44 bits per heavy atom. The van der Waals surface area contributed by atoms with Crippen LogP contribution in [0, 0.1) is 0 Å². The SMILES string of the molecule is C=C(C)C(=O)O.C=C(C)C(=O)O.O=C=NCCO. The summed E-state index contributed by atoms with van der Waals surface area (Å²) in [5, 5.41) is 23.7. The molecule has 0 amide bonds. The summed E-state index contributed by atoms with van der Waals surface area (Å²) in [6.45, 7) is 9.30. The topological polar surface area (TPSA) is 124 Å². The summed E-state index contributed by atoms with van der Waals surface area (Å²) in [6.07, 6.45) is 1.28. The van der Waals surface area contributed by atoms with Gasteiger partial charge in [-0.1, -0.05) is 13.2 Å². The molecule has 0 aromatic heterocycles. The van der Waals surface area contributed by atoms with E-state index in [-0.39, 0.29) is 24.3 Å². The van der Waals surface area contributed by atoms with Crippen LogP contribution in [0.3, 0.4) is 0 Å². The number of carbonyl (C=O) groups excluding carboxylic acids is 1. The van der Waals surface area contributed by atoms with Crippen molar-refractivity contribution in [3.8, 4) is 0 Å². The lowest BCUT2D eigenvalue weighted by molar-refractivity contribution is -0.133. The fourth-order valence-corrected chi connectivity index (χ4v) is 0.0956. The zero-order valence-electron chi connectivity index (χ0n) is 10.3. The molecule has 18 heavy (non-hydrogen) atoms. The molecule has 0 saturated heterocycles. The molecule has 0 saturated carbocycles. The van der Waals surface area contributed by atoms with Gasteiger partial charge in [0.1, 0.15) is 0 Å². The zero-order valence-corrected chi connectivity index (χ0v) is 10.3. The minimum atomic E-state index is -0.935. The number of hydrogen-bond acceptors (Lipinski definition) is 5. The molecule has 7 nitrogen and oxygen atoms in total. The van der Waals surface area contributed by atoms with E-state index in [9.17, 15) is 9.59 Å². The van der Waals surface area contributed by atoms with Gasteiger partial charge in [0.05, 0.1) is 13.2 Å². The van der Waals surface area contributed by atoms with Crippen LogP contribution in [0.4, 0.5) is 0 Å². The maximum absolute atomic E-state index is 9.60. The molecule has 0 fully saturated rings. The first-order chi connectivity index (χ1) is 8.20. The summed E-state index contributed by atoms with van der Waals surface area (Å²) in [7, 11) is 0. The Morgan fingerprint density at radius 2 is 1.39 bits per heavy atom. The number of aliphatic hydroxyl groups is 1. The summed E-state index contributed by atoms with van der Waals surface area (Å²) in [5.41, 5.74) is 0.352. The molecule has 0 aliphatic carbocycles. The van der Waals surface area contributed by atoms with Crippen LogP contribution in [0.25, 0.3) is 0 Å². The molecule has 0 aromatic rings. The number of isocyanates is 1. The summed E-state index contributed by atoms with van der Waals surface area (Å²) >= 11 is 0. The Kier molecular flexibility index (Phi) is 17.3. The largest absolute Gasteiger partial charge is 0.478 e. The number of carbonyl (C=O) groups is 2. The Morgan fingerprint density at radius 1 is 1.11 bits per heavy atom. The van der Waals surface area contributed by atoms with Gasteiger partial charge in [-0.3, -0.25) is 0 Å². The summed E-state index contributed by atoms with van der Waals surface area (Å²) in [4.78, 5) is 31.4. The van der Waals surface area contributed by atoms with Gasteiger partial charge in [0.25, 0.3) is 0 Å². The van der Waals surface area contributed by atoms with Crippen molar-refractivity contribution in [1.29, 1.82) is 0 Å². The maximum Gasteiger partial charge on any atom is 0.330 e. The highest BCUT2D eigenvalue weighted by Gasteiger charge is 1.90. The van der Waals surface area contributed by atoms with Crippen LogP contribution in [-0.2, 0) is 14.4 Å². The lowest BCUT2D eigenvalue weighted by Gasteiger charge is -1.79. The number of rotatable bonds is 4. The molecular weight excluding hydrogens is 242 g/mol. The zero-order chi connectivity index (χ0) is 15.1. The van der Waals surface area contributed by atoms with Gasteiger partial charge in [-0.05, 0) is 13.8 Å². The van der Waals surface area contributed by atoms with E-state index in [0.717, 1.165) is 0 Å². The molecule has 0 radical (unpaired) electrons. The van der Waals surface area contributed by atoms with Gasteiger partial charge < -0.3 is 15.3 Å². The van der Waals surface area contributed by atoms with E-state index in [1.807, 2.05) is 0 Å². The number of aliphatic hydroxyl groups excluding tert-OH is 1. The lowest BCUT2D eigenvalue weighted by Crippen LogP contribution is -1.92. The minimum absolute atomic E-state index is 0.0742. The van der Waals surface area contributed by atoms with Gasteiger partial charge in [-0.2, -0.15) is 0 Å². The molecule has 102 valence electrons. The van der Waals surface area contributed by atoms with Crippen LogP contribution in [0.5, 0.6) is 0 Å². The standard InChI is InChI=1S/2C4H6O2.C3H5NO2/c2*1-3(2)4(5)6;5-2-1-4-3-6/h2*1H2,2H3,(H,5,6);5H,1-2H2. The summed E-state index contributed by atoms with van der Waals surface area (Å²) in [5.74, 6) is -1.87. The molecule has 0 rings (SSSR count). The number of aliphatic imine (C=N–C) groups is 1. The van der Waals surface area contributed by atoms with Gasteiger partial charge in [-0.15, -0.1) is 0 Å². The van der Waals surface area contributed by atoms with E-state index >= 15 is 0 Å². The normalized spacial score (nSPS) is 7.28. The first-order valence-electron chi connectivity index (χ1n) is 4.62. The van der Waals surface area contributed by atoms with Crippen LogP contribution in [-0.4, -0.2) is 46.5 Å². The Hall–Kier alpha value is -2.24. The summed E-state index contributed by atoms with van der Waals surface area (Å²) < 4.78 is 0. The van der Waals surface area contributed by atoms with Gasteiger partial charge in [0.2, 0.25) is 6.08 Å². The molecule has 0 heterocycles. The second-order valence-electron chi connectivity index (χ2n) is 2.87. The molecule has 0 unspecified atom stereocenters. The number of carboxylic acid groups (broad SMARTS) is 2. The van der Waals surface area contributed by atoms with Crippen molar-refractivity contribution >= 4 is 18.0 Å². The van der Waals surface area contributed by atoms with Gasteiger partial charge in [0.15, 0.2) is 0 Å². The highest BCUT2D eigenvalue weighted by atomic mass is 16.4. The highest BCUT2D eigenvalue weighted by molar-refractivity contribution is 5.85. The van der Waals surface area contributed by atoms with Crippen molar-refractivity contribution in [1.82, 2.24) is 0 Å². The van der Waals surface area contributed by atoms with E-state index in [2.05, 4.69) is 18.2 Å². The molecule has 0 atom stereocenters. The van der Waals surface area contributed by atoms with Gasteiger partial charge in [0, 0.05) is 11.1 Å². The number of hydrogen-bond donors (Lipinski definition) is 3. The van der Waals surface area contributed by atoms with E-state index in [4.69, 9.17) is 20.1 Å². The van der Waals surface area contributed by atoms with Crippen LogP contribution >= 0.6 is 0 Å². The fourth-order valence-electron chi connectivity index (χ4n) is 0.0956. The van der Waals surface area contributed by atoms with Crippen LogP contribution < -0.4 is 0 Å². The first-order valence-corrected chi connectivity index (χ1v) is 4.62. The predicted octanol–water partition coefficient (Wildman–Crippen LogP) is 0.609. The lowest BCUT2D eigenvalue weighted by atomic mass is 10.4. The Bertz CT molecular complexity index is 293. The third-order valence-electron chi connectivity index (χ3n) is 1.01. The predicted molar refractivity (Wildman–Crippen MR) is 65.0 cm³/mol. The van der Waals surface area contributed by atoms with Crippen molar-refractivity contribution in [2.45, 2.75) is 13.8 Å². The van der Waals surface area contributed by atoms with E-state index < -0.39 is 11.9 Å². The quantitative estimate of drug-likeness (QED) is 0.386. The fraction of sp³-hybridized carbons (Fsp3) is 0.364. The second kappa shape index (κ2) is 14.8. The third-order valence-corrected chi connectivity index (χ3v) is 1.01. The van der Waals surface area contributed by atoms with E-state index in [1.165, 1.54) is 19.9 Å². The molecule has 3 N–H and O–H groups in total. The number of nitrogens with zero attached hydrogens (tertiary/aromatic N) is 1. The average molecular weight is 259 g/mol. The average Bonchev–Trinajstić information content (AvgIpc) is 2.27. The third kappa shape index (κ3) is 29.2. The van der Waals surface area contributed by atoms with E-state index in [1.54, 1.807) is 0 Å². The summed E-state index contributed by atoms with van der Waals surface area (Å²) in [6, 6.07) is 0. The van der Waals surface area contributed by atoms with Gasteiger partial charge >= 0.3 is 11.9 Å². The molecule has 0 bridgehead atoms. The molecule has 7 heteroatoms.